The molecule has 112 valence electrons. The van der Waals surface area contributed by atoms with Crippen LogP contribution in [0.5, 0.6) is 0 Å². The SMILES string of the molecule is CCCC(O)(C(=O)OCC)C(C)c1ccc(F)cc1F. The van der Waals surface area contributed by atoms with E-state index in [0.29, 0.717) is 6.42 Å². The first-order chi connectivity index (χ1) is 9.36. The van der Waals surface area contributed by atoms with E-state index in [4.69, 9.17) is 4.74 Å². The van der Waals surface area contributed by atoms with Crippen molar-refractivity contribution in [2.75, 3.05) is 6.61 Å². The van der Waals surface area contributed by atoms with Crippen LogP contribution in [0.1, 0.15) is 45.1 Å². The summed E-state index contributed by atoms with van der Waals surface area (Å²) in [6.07, 6.45) is 0.673. The zero-order valence-corrected chi connectivity index (χ0v) is 12.0. The number of rotatable bonds is 6. The van der Waals surface area contributed by atoms with E-state index in [1.54, 1.807) is 13.8 Å². The molecule has 0 spiro atoms. The van der Waals surface area contributed by atoms with Crippen molar-refractivity contribution in [3.05, 3.63) is 35.4 Å². The van der Waals surface area contributed by atoms with Crippen LogP contribution in [0.2, 0.25) is 0 Å². The lowest BCUT2D eigenvalue weighted by Gasteiger charge is -2.32. The molecule has 0 saturated heterocycles. The molecule has 1 rings (SSSR count). The number of carbonyl (C=O) groups excluding carboxylic acids is 1. The van der Waals surface area contributed by atoms with Gasteiger partial charge in [-0.3, -0.25) is 0 Å². The van der Waals surface area contributed by atoms with E-state index in [1.807, 2.05) is 0 Å². The average Bonchev–Trinajstić information content (AvgIpc) is 2.38. The topological polar surface area (TPSA) is 46.5 Å². The van der Waals surface area contributed by atoms with Gasteiger partial charge in [0, 0.05) is 12.0 Å². The van der Waals surface area contributed by atoms with Crippen molar-refractivity contribution in [2.45, 2.75) is 45.1 Å². The molecule has 0 aliphatic carbocycles. The second-order valence-corrected chi connectivity index (χ2v) is 4.78. The van der Waals surface area contributed by atoms with Gasteiger partial charge in [0.25, 0.3) is 0 Å². The van der Waals surface area contributed by atoms with Crippen LogP contribution >= 0.6 is 0 Å². The summed E-state index contributed by atoms with van der Waals surface area (Å²) >= 11 is 0. The van der Waals surface area contributed by atoms with E-state index in [0.717, 1.165) is 12.1 Å². The number of hydrogen-bond acceptors (Lipinski definition) is 3. The van der Waals surface area contributed by atoms with E-state index in [-0.39, 0.29) is 18.6 Å². The molecule has 0 fully saturated rings. The maximum Gasteiger partial charge on any atom is 0.338 e. The number of aliphatic hydroxyl groups is 1. The number of ether oxygens (including phenoxy) is 1. The van der Waals surface area contributed by atoms with Crippen LogP contribution in [0.3, 0.4) is 0 Å². The minimum atomic E-state index is -1.82. The summed E-state index contributed by atoms with van der Waals surface area (Å²) in [6, 6.07) is 3.09. The Hall–Kier alpha value is -1.49. The van der Waals surface area contributed by atoms with Gasteiger partial charge in [-0.15, -0.1) is 0 Å². The zero-order valence-electron chi connectivity index (χ0n) is 12.0. The number of esters is 1. The maximum absolute atomic E-state index is 13.8. The molecule has 0 amide bonds. The van der Waals surface area contributed by atoms with Gasteiger partial charge in [-0.1, -0.05) is 26.3 Å². The zero-order chi connectivity index (χ0) is 15.3. The van der Waals surface area contributed by atoms with Crippen LogP contribution in [-0.4, -0.2) is 23.3 Å². The molecule has 1 aromatic carbocycles. The van der Waals surface area contributed by atoms with Gasteiger partial charge >= 0.3 is 5.97 Å². The third-order valence-electron chi connectivity index (χ3n) is 3.41. The van der Waals surface area contributed by atoms with Gasteiger partial charge in [-0.2, -0.15) is 0 Å². The van der Waals surface area contributed by atoms with Gasteiger partial charge in [-0.25, -0.2) is 13.6 Å². The predicted molar refractivity (Wildman–Crippen MR) is 71.3 cm³/mol. The minimum Gasteiger partial charge on any atom is -0.464 e. The highest BCUT2D eigenvalue weighted by Crippen LogP contribution is 2.34. The smallest absolute Gasteiger partial charge is 0.338 e. The average molecular weight is 286 g/mol. The van der Waals surface area contributed by atoms with Crippen molar-refractivity contribution in [3.8, 4) is 0 Å². The first kappa shape index (κ1) is 16.6. The Bertz CT molecular complexity index is 476. The monoisotopic (exact) mass is 286 g/mol. The van der Waals surface area contributed by atoms with Crippen LogP contribution in [0.25, 0.3) is 0 Å². The molecule has 0 heterocycles. The Morgan fingerprint density at radius 2 is 2.05 bits per heavy atom. The Balaban J connectivity index is 3.16. The van der Waals surface area contributed by atoms with Crippen molar-refractivity contribution in [3.63, 3.8) is 0 Å². The van der Waals surface area contributed by atoms with Gasteiger partial charge in [0.05, 0.1) is 6.61 Å². The molecular formula is C15H20F2O3. The summed E-state index contributed by atoms with van der Waals surface area (Å²) in [4.78, 5) is 12.0. The second-order valence-electron chi connectivity index (χ2n) is 4.78. The molecule has 0 aliphatic rings. The van der Waals surface area contributed by atoms with E-state index < -0.39 is 29.1 Å². The molecular weight excluding hydrogens is 266 g/mol. The van der Waals surface area contributed by atoms with Gasteiger partial charge in [0.15, 0.2) is 5.60 Å². The van der Waals surface area contributed by atoms with E-state index in [9.17, 15) is 18.7 Å². The molecule has 0 bridgehead atoms. The molecule has 3 nitrogen and oxygen atoms in total. The third-order valence-corrected chi connectivity index (χ3v) is 3.41. The molecule has 1 N–H and O–H groups in total. The fraction of sp³-hybridized carbons (Fsp3) is 0.533. The van der Waals surface area contributed by atoms with Gasteiger partial charge in [0.1, 0.15) is 11.6 Å². The lowest BCUT2D eigenvalue weighted by Crippen LogP contribution is -2.45. The Morgan fingerprint density at radius 1 is 1.40 bits per heavy atom. The largest absolute Gasteiger partial charge is 0.464 e. The number of hydrogen-bond donors (Lipinski definition) is 1. The third kappa shape index (κ3) is 3.33. The van der Waals surface area contributed by atoms with Crippen molar-refractivity contribution < 1.29 is 23.4 Å². The highest BCUT2D eigenvalue weighted by molar-refractivity contribution is 5.80. The highest BCUT2D eigenvalue weighted by atomic mass is 19.1. The Kier molecular flexibility index (Phi) is 5.62. The highest BCUT2D eigenvalue weighted by Gasteiger charge is 2.43. The summed E-state index contributed by atoms with van der Waals surface area (Å²) in [5.74, 6) is -3.09. The molecule has 0 saturated carbocycles. The summed E-state index contributed by atoms with van der Waals surface area (Å²) in [7, 11) is 0. The molecule has 5 heteroatoms. The first-order valence-electron chi connectivity index (χ1n) is 6.71. The van der Waals surface area contributed by atoms with E-state index in [1.165, 1.54) is 13.0 Å². The van der Waals surface area contributed by atoms with Gasteiger partial charge in [0.2, 0.25) is 0 Å². The number of halogens is 2. The van der Waals surface area contributed by atoms with Crippen LogP contribution in [0.15, 0.2) is 18.2 Å². The molecule has 2 atom stereocenters. The van der Waals surface area contributed by atoms with Crippen molar-refractivity contribution in [2.24, 2.45) is 0 Å². The first-order valence-corrected chi connectivity index (χ1v) is 6.71. The normalized spacial score (nSPS) is 15.5. The summed E-state index contributed by atoms with van der Waals surface area (Å²) in [5, 5.41) is 10.6. The van der Waals surface area contributed by atoms with Gasteiger partial charge in [-0.05, 0) is 25.0 Å². The van der Waals surface area contributed by atoms with Crippen molar-refractivity contribution in [1.29, 1.82) is 0 Å². The van der Waals surface area contributed by atoms with Crippen LogP contribution in [-0.2, 0) is 9.53 Å². The summed E-state index contributed by atoms with van der Waals surface area (Å²) < 4.78 is 31.6. The van der Waals surface area contributed by atoms with Crippen molar-refractivity contribution in [1.82, 2.24) is 0 Å². The maximum atomic E-state index is 13.8. The molecule has 0 radical (unpaired) electrons. The molecule has 0 aliphatic heterocycles. The summed E-state index contributed by atoms with van der Waals surface area (Å²) in [5.41, 5.74) is -1.72. The quantitative estimate of drug-likeness (QED) is 0.817. The molecule has 0 aromatic heterocycles. The minimum absolute atomic E-state index is 0.0930. The fourth-order valence-electron chi connectivity index (χ4n) is 2.24. The number of carbonyl (C=O) groups is 1. The van der Waals surface area contributed by atoms with E-state index in [2.05, 4.69) is 0 Å². The fourth-order valence-corrected chi connectivity index (χ4v) is 2.24. The lowest BCUT2D eigenvalue weighted by molar-refractivity contribution is -0.168. The summed E-state index contributed by atoms with van der Waals surface area (Å²) in [6.45, 7) is 5.09. The lowest BCUT2D eigenvalue weighted by atomic mass is 9.80. The molecule has 1 aromatic rings. The number of benzene rings is 1. The Labute approximate surface area is 117 Å². The van der Waals surface area contributed by atoms with Crippen molar-refractivity contribution >= 4 is 5.97 Å². The standard InChI is InChI=1S/C15H20F2O3/c1-4-8-15(19,14(18)20-5-2)10(3)12-7-6-11(16)9-13(12)17/h6-7,9-10,19H,4-5,8H2,1-3H3. The Morgan fingerprint density at radius 3 is 2.55 bits per heavy atom. The predicted octanol–water partition coefficient (Wildman–Crippen LogP) is 3.16. The van der Waals surface area contributed by atoms with E-state index >= 15 is 0 Å². The molecule has 2 unspecified atom stereocenters. The van der Waals surface area contributed by atoms with Crippen LogP contribution in [0, 0.1) is 11.6 Å². The van der Waals surface area contributed by atoms with Crippen LogP contribution < -0.4 is 0 Å². The second kappa shape index (κ2) is 6.79. The van der Waals surface area contributed by atoms with Gasteiger partial charge < -0.3 is 9.84 Å². The van der Waals surface area contributed by atoms with Crippen LogP contribution in [0.4, 0.5) is 8.78 Å². The molecule has 20 heavy (non-hydrogen) atoms.